The minimum atomic E-state index is 0. The number of hydrogen-bond donors (Lipinski definition) is 0. The van der Waals surface area contributed by atoms with E-state index in [1.807, 2.05) is 53.9 Å². The van der Waals surface area contributed by atoms with Crippen LogP contribution in [0.2, 0.25) is 0 Å². The Hall–Kier alpha value is -2.21. The second-order valence-electron chi connectivity index (χ2n) is 5.55. The predicted molar refractivity (Wildman–Crippen MR) is 96.2 cm³/mol. The van der Waals surface area contributed by atoms with Crippen LogP contribution in [-0.4, -0.2) is 53.1 Å². The van der Waals surface area contributed by atoms with Gasteiger partial charge in [0.1, 0.15) is 5.75 Å². The lowest BCUT2D eigenvalue weighted by Gasteiger charge is -2.35. The Morgan fingerprint density at radius 2 is 1.92 bits per heavy atom. The SMILES string of the molecule is CCOc1ccccc1C(=O)N1CCN(c2nccn2C)CC1.Cl. The zero-order valence-corrected chi connectivity index (χ0v) is 14.8. The maximum atomic E-state index is 12.8. The zero-order chi connectivity index (χ0) is 16.2. The van der Waals surface area contributed by atoms with Gasteiger partial charge in [0.25, 0.3) is 5.91 Å². The molecule has 6 nitrogen and oxygen atoms in total. The molecule has 0 radical (unpaired) electrons. The molecule has 0 saturated carbocycles. The molecule has 1 aromatic carbocycles. The number of aryl methyl sites for hydroxylation is 1. The van der Waals surface area contributed by atoms with Gasteiger partial charge in [0, 0.05) is 45.6 Å². The highest BCUT2D eigenvalue weighted by Gasteiger charge is 2.25. The number of carbonyl (C=O) groups excluding carboxylic acids is 1. The summed E-state index contributed by atoms with van der Waals surface area (Å²) in [5.41, 5.74) is 0.639. The number of hydrogen-bond acceptors (Lipinski definition) is 4. The Morgan fingerprint density at radius 3 is 2.54 bits per heavy atom. The lowest BCUT2D eigenvalue weighted by Crippen LogP contribution is -2.49. The smallest absolute Gasteiger partial charge is 0.257 e. The van der Waals surface area contributed by atoms with Gasteiger partial charge in [0.15, 0.2) is 0 Å². The molecule has 0 aliphatic carbocycles. The van der Waals surface area contributed by atoms with Crippen molar-refractivity contribution >= 4 is 24.3 Å². The van der Waals surface area contributed by atoms with Crippen LogP contribution in [0.1, 0.15) is 17.3 Å². The number of aromatic nitrogens is 2. The minimum Gasteiger partial charge on any atom is -0.493 e. The number of piperazine rings is 1. The largest absolute Gasteiger partial charge is 0.493 e. The van der Waals surface area contributed by atoms with Gasteiger partial charge in [-0.3, -0.25) is 4.79 Å². The van der Waals surface area contributed by atoms with Crippen molar-refractivity contribution < 1.29 is 9.53 Å². The maximum Gasteiger partial charge on any atom is 0.257 e. The van der Waals surface area contributed by atoms with Gasteiger partial charge < -0.3 is 19.1 Å². The molecular formula is C17H23ClN4O2. The number of anilines is 1. The number of para-hydroxylation sites is 1. The third kappa shape index (κ3) is 3.64. The Labute approximate surface area is 148 Å². The van der Waals surface area contributed by atoms with E-state index < -0.39 is 0 Å². The summed E-state index contributed by atoms with van der Waals surface area (Å²) < 4.78 is 7.58. The summed E-state index contributed by atoms with van der Waals surface area (Å²) in [7, 11) is 1.98. The Kier molecular flexibility index (Phi) is 6.09. The molecule has 1 aliphatic rings. The molecule has 1 fully saturated rings. The summed E-state index contributed by atoms with van der Waals surface area (Å²) in [5.74, 6) is 1.65. The van der Waals surface area contributed by atoms with Crippen LogP contribution < -0.4 is 9.64 Å². The van der Waals surface area contributed by atoms with E-state index in [1.54, 1.807) is 6.20 Å². The van der Waals surface area contributed by atoms with E-state index in [0.717, 1.165) is 19.0 Å². The molecule has 1 saturated heterocycles. The third-order valence-electron chi connectivity index (χ3n) is 4.06. The summed E-state index contributed by atoms with van der Waals surface area (Å²) in [5, 5.41) is 0. The molecule has 3 rings (SSSR count). The zero-order valence-electron chi connectivity index (χ0n) is 14.0. The van der Waals surface area contributed by atoms with Gasteiger partial charge in [-0.2, -0.15) is 0 Å². The lowest BCUT2D eigenvalue weighted by molar-refractivity contribution is 0.0742. The van der Waals surface area contributed by atoms with Gasteiger partial charge in [0.2, 0.25) is 5.95 Å². The number of nitrogens with zero attached hydrogens (tertiary/aromatic N) is 4. The number of amides is 1. The fourth-order valence-electron chi connectivity index (χ4n) is 2.87. The van der Waals surface area contributed by atoms with Crippen molar-refractivity contribution in [3.05, 3.63) is 42.2 Å². The van der Waals surface area contributed by atoms with E-state index in [0.29, 0.717) is 31.0 Å². The van der Waals surface area contributed by atoms with Crippen molar-refractivity contribution in [2.45, 2.75) is 6.92 Å². The van der Waals surface area contributed by atoms with E-state index in [2.05, 4.69) is 9.88 Å². The van der Waals surface area contributed by atoms with Crippen LogP contribution in [-0.2, 0) is 7.05 Å². The fraction of sp³-hybridized carbons (Fsp3) is 0.412. The number of imidazole rings is 1. The summed E-state index contributed by atoms with van der Waals surface area (Å²) in [6.07, 6.45) is 3.73. The highest BCUT2D eigenvalue weighted by Crippen LogP contribution is 2.21. The Morgan fingerprint density at radius 1 is 1.21 bits per heavy atom. The highest BCUT2D eigenvalue weighted by molar-refractivity contribution is 5.97. The maximum absolute atomic E-state index is 12.8. The van der Waals surface area contributed by atoms with Gasteiger partial charge in [-0.15, -0.1) is 12.4 Å². The number of halogens is 1. The normalized spacial score (nSPS) is 14.2. The average molecular weight is 351 g/mol. The van der Waals surface area contributed by atoms with Crippen molar-refractivity contribution in [3.63, 3.8) is 0 Å². The first-order valence-electron chi connectivity index (χ1n) is 7.94. The van der Waals surface area contributed by atoms with Crippen LogP contribution in [0.25, 0.3) is 0 Å². The van der Waals surface area contributed by atoms with E-state index in [-0.39, 0.29) is 18.3 Å². The first-order chi connectivity index (χ1) is 11.2. The first kappa shape index (κ1) is 18.1. The van der Waals surface area contributed by atoms with Crippen LogP contribution in [0.15, 0.2) is 36.7 Å². The average Bonchev–Trinajstić information content (AvgIpc) is 3.01. The molecule has 1 aliphatic heterocycles. The number of rotatable bonds is 4. The standard InChI is InChI=1S/C17H22N4O2.ClH/c1-3-23-15-7-5-4-6-14(15)16(22)20-10-12-21(13-11-20)17-18-8-9-19(17)2;/h4-9H,3,10-13H2,1-2H3;1H. The molecule has 2 aromatic rings. The monoisotopic (exact) mass is 350 g/mol. The fourth-order valence-corrected chi connectivity index (χ4v) is 2.87. The lowest BCUT2D eigenvalue weighted by atomic mass is 10.1. The molecule has 0 unspecified atom stereocenters. The van der Waals surface area contributed by atoms with Gasteiger partial charge >= 0.3 is 0 Å². The molecule has 130 valence electrons. The van der Waals surface area contributed by atoms with Gasteiger partial charge in [-0.25, -0.2) is 4.98 Å². The molecule has 7 heteroatoms. The van der Waals surface area contributed by atoms with Crippen LogP contribution in [0.3, 0.4) is 0 Å². The van der Waals surface area contributed by atoms with Gasteiger partial charge in [-0.1, -0.05) is 12.1 Å². The van der Waals surface area contributed by atoms with E-state index in [1.165, 1.54) is 0 Å². The molecule has 1 aromatic heterocycles. The van der Waals surface area contributed by atoms with Crippen molar-refractivity contribution in [1.29, 1.82) is 0 Å². The number of benzene rings is 1. The van der Waals surface area contributed by atoms with Gasteiger partial charge in [-0.05, 0) is 19.1 Å². The number of ether oxygens (including phenoxy) is 1. The molecule has 0 bridgehead atoms. The molecule has 24 heavy (non-hydrogen) atoms. The van der Waals surface area contributed by atoms with Crippen molar-refractivity contribution in [2.75, 3.05) is 37.7 Å². The molecule has 0 atom stereocenters. The molecule has 0 N–H and O–H groups in total. The summed E-state index contributed by atoms with van der Waals surface area (Å²) in [4.78, 5) is 21.2. The minimum absolute atomic E-state index is 0. The second-order valence-corrected chi connectivity index (χ2v) is 5.55. The van der Waals surface area contributed by atoms with Crippen molar-refractivity contribution in [1.82, 2.24) is 14.5 Å². The van der Waals surface area contributed by atoms with Crippen LogP contribution in [0, 0.1) is 0 Å². The van der Waals surface area contributed by atoms with Crippen LogP contribution >= 0.6 is 12.4 Å². The van der Waals surface area contributed by atoms with E-state index in [9.17, 15) is 4.79 Å². The third-order valence-corrected chi connectivity index (χ3v) is 4.06. The quantitative estimate of drug-likeness (QED) is 0.848. The van der Waals surface area contributed by atoms with E-state index >= 15 is 0 Å². The highest BCUT2D eigenvalue weighted by atomic mass is 35.5. The number of carbonyl (C=O) groups is 1. The van der Waals surface area contributed by atoms with Crippen molar-refractivity contribution in [2.24, 2.45) is 7.05 Å². The summed E-state index contributed by atoms with van der Waals surface area (Å²) in [6.45, 7) is 5.42. The van der Waals surface area contributed by atoms with Crippen molar-refractivity contribution in [3.8, 4) is 5.75 Å². The molecule has 1 amide bonds. The summed E-state index contributed by atoms with van der Waals surface area (Å²) >= 11 is 0. The Balaban J connectivity index is 0.00000208. The predicted octanol–water partition coefficient (Wildman–Crippen LogP) is 2.20. The summed E-state index contributed by atoms with van der Waals surface area (Å²) in [6, 6.07) is 7.44. The van der Waals surface area contributed by atoms with E-state index in [4.69, 9.17) is 4.74 Å². The first-order valence-corrected chi connectivity index (χ1v) is 7.94. The van der Waals surface area contributed by atoms with Crippen LogP contribution in [0.4, 0.5) is 5.95 Å². The topological polar surface area (TPSA) is 50.6 Å². The molecule has 2 heterocycles. The second kappa shape index (κ2) is 8.06. The molecule has 0 spiro atoms. The Bertz CT molecular complexity index is 681. The van der Waals surface area contributed by atoms with Crippen LogP contribution in [0.5, 0.6) is 5.75 Å². The molecular weight excluding hydrogens is 328 g/mol. The van der Waals surface area contributed by atoms with Gasteiger partial charge in [0.05, 0.1) is 12.2 Å².